The van der Waals surface area contributed by atoms with E-state index in [1.165, 1.54) is 37.1 Å². The quantitative estimate of drug-likeness (QED) is 0.190. The summed E-state index contributed by atoms with van der Waals surface area (Å²) in [5.74, 6) is 2.04. The van der Waals surface area contributed by atoms with E-state index in [2.05, 4.69) is 46.9 Å². The number of hydrogen-bond donors (Lipinski definition) is 2. The summed E-state index contributed by atoms with van der Waals surface area (Å²) in [6, 6.07) is 6.34. The van der Waals surface area contributed by atoms with Gasteiger partial charge in [0, 0.05) is 121 Å². The highest BCUT2D eigenvalue weighted by atomic mass is 32.2. The number of hydrogen-bond acceptors (Lipinski definition) is 13. The molecule has 1 aromatic carbocycles. The molecule has 2 saturated carbocycles. The Labute approximate surface area is 371 Å². The number of amides is 3. The average molecular weight is 870 g/mol. The van der Waals surface area contributed by atoms with Crippen molar-refractivity contribution in [3.63, 3.8) is 0 Å². The lowest BCUT2D eigenvalue weighted by molar-refractivity contribution is -0.123. The van der Waals surface area contributed by atoms with Crippen LogP contribution in [0.3, 0.4) is 0 Å². The Hall–Kier alpha value is -3.99. The molecule has 7 aliphatic rings. The molecule has 4 saturated heterocycles. The molecule has 16 heteroatoms. The van der Waals surface area contributed by atoms with Gasteiger partial charge in [0.05, 0.1) is 22.5 Å². The van der Waals surface area contributed by atoms with Gasteiger partial charge in [-0.05, 0) is 95.2 Å². The van der Waals surface area contributed by atoms with Crippen molar-refractivity contribution in [1.82, 2.24) is 28.8 Å². The number of fused-ring (bicyclic) bond motifs is 2. The number of nitrogens with zero attached hydrogens (tertiary/aromatic N) is 9. The first kappa shape index (κ1) is 43.3. The van der Waals surface area contributed by atoms with E-state index in [1.807, 2.05) is 49.5 Å². The van der Waals surface area contributed by atoms with Crippen molar-refractivity contribution < 1.29 is 19.2 Å². The van der Waals surface area contributed by atoms with Crippen LogP contribution in [0.25, 0.3) is 0 Å². The predicted molar refractivity (Wildman–Crippen MR) is 246 cm³/mol. The van der Waals surface area contributed by atoms with Gasteiger partial charge in [0.2, 0.25) is 24.2 Å². The third-order valence-electron chi connectivity index (χ3n) is 15.4. The summed E-state index contributed by atoms with van der Waals surface area (Å²) in [7, 11) is 5.52. The second kappa shape index (κ2) is 17.9. The number of nitrogens with one attached hydrogen (secondary N) is 2. The molecular weight excluding hydrogens is 803 g/mol. The molecule has 6 heterocycles. The first-order valence-electron chi connectivity index (χ1n) is 23.4. The number of rotatable bonds is 15. The minimum Gasteiger partial charge on any atom is -0.374 e. The molecule has 6 fully saturated rings. The number of carbonyl (C=O) groups excluding carboxylic acids is 4. The van der Waals surface area contributed by atoms with Crippen LogP contribution in [0.15, 0.2) is 24.4 Å². The van der Waals surface area contributed by atoms with Crippen LogP contribution in [0.1, 0.15) is 96.0 Å². The summed E-state index contributed by atoms with van der Waals surface area (Å²) in [5.41, 5.74) is 3.72. The summed E-state index contributed by atoms with van der Waals surface area (Å²) < 4.78 is 5.12. The molecule has 3 unspecified atom stereocenters. The highest BCUT2D eigenvalue weighted by molar-refractivity contribution is 7.94. The zero-order chi connectivity index (χ0) is 43.2. The van der Waals surface area contributed by atoms with Crippen molar-refractivity contribution in [2.45, 2.75) is 120 Å². The SMILES string of the molecule is CNC(=O)C(CCC=O)N(C=O)c1cccc(N2CCC(N3CCCC4(CN(SN5CCC(Nc6ncc7c(n6)N(C6CCCC6C)C(=O)C76CC6)CC5)C4)C3)CC2)c1N(C)C. The molecule has 3 atom stereocenters. The smallest absolute Gasteiger partial charge is 0.242 e. The second-order valence-electron chi connectivity index (χ2n) is 19.6. The van der Waals surface area contributed by atoms with Crippen molar-refractivity contribution in [1.29, 1.82) is 0 Å². The molecular formula is C46H67N11O4S. The van der Waals surface area contributed by atoms with Gasteiger partial charge >= 0.3 is 0 Å². The Morgan fingerprint density at radius 1 is 0.968 bits per heavy atom. The zero-order valence-corrected chi connectivity index (χ0v) is 38.1. The lowest BCUT2D eigenvalue weighted by atomic mass is 9.74. The minimum absolute atomic E-state index is 0.192. The highest BCUT2D eigenvalue weighted by Crippen LogP contribution is 2.58. The third-order valence-corrected chi connectivity index (χ3v) is 16.5. The Bertz CT molecular complexity index is 1980. The van der Waals surface area contributed by atoms with Gasteiger partial charge in [-0.25, -0.2) is 13.6 Å². The van der Waals surface area contributed by atoms with Crippen LogP contribution >= 0.6 is 12.1 Å². The van der Waals surface area contributed by atoms with E-state index in [4.69, 9.17) is 9.97 Å². The zero-order valence-electron chi connectivity index (χ0n) is 37.3. The fraction of sp³-hybridized carbons (Fsp3) is 0.696. The van der Waals surface area contributed by atoms with E-state index in [0.717, 1.165) is 126 Å². The molecule has 5 aliphatic heterocycles. The monoisotopic (exact) mass is 870 g/mol. The Kier molecular flexibility index (Phi) is 12.5. The summed E-state index contributed by atoms with van der Waals surface area (Å²) in [4.78, 5) is 71.0. The molecule has 1 aromatic heterocycles. The largest absolute Gasteiger partial charge is 0.374 e. The topological polar surface area (TPSA) is 141 Å². The highest BCUT2D eigenvalue weighted by Gasteiger charge is 2.62. The maximum Gasteiger partial charge on any atom is 0.242 e. The van der Waals surface area contributed by atoms with Crippen molar-refractivity contribution in [2.75, 3.05) is 98.4 Å². The maximum atomic E-state index is 13.7. The van der Waals surface area contributed by atoms with Gasteiger partial charge in [0.25, 0.3) is 0 Å². The van der Waals surface area contributed by atoms with Crippen molar-refractivity contribution in [2.24, 2.45) is 11.3 Å². The number of aromatic nitrogens is 2. The Morgan fingerprint density at radius 3 is 2.40 bits per heavy atom. The molecule has 15 nitrogen and oxygen atoms in total. The molecule has 3 amide bonds. The van der Waals surface area contributed by atoms with Crippen molar-refractivity contribution >= 4 is 65.5 Å². The van der Waals surface area contributed by atoms with Crippen LogP contribution in [-0.2, 0) is 24.6 Å². The summed E-state index contributed by atoms with van der Waals surface area (Å²) in [6.45, 7) is 10.8. The van der Waals surface area contributed by atoms with Gasteiger partial charge in [-0.15, -0.1) is 0 Å². The molecule has 2 N–H and O–H groups in total. The number of anilines is 5. The van der Waals surface area contributed by atoms with E-state index in [0.29, 0.717) is 35.1 Å². The van der Waals surface area contributed by atoms with Crippen molar-refractivity contribution in [3.8, 4) is 0 Å². The average Bonchev–Trinajstić information content (AvgIpc) is 3.93. The van der Waals surface area contributed by atoms with Gasteiger partial charge < -0.3 is 30.1 Å². The van der Waals surface area contributed by atoms with Gasteiger partial charge in [0.1, 0.15) is 18.1 Å². The lowest BCUT2D eigenvalue weighted by Crippen LogP contribution is -2.63. The number of likely N-dealkylation sites (N-methyl/N-ethyl adjacent to an activating group) is 1. The molecule has 2 spiro atoms. The molecule has 2 aromatic rings. The number of piperidine rings is 3. The van der Waals surface area contributed by atoms with E-state index >= 15 is 0 Å². The number of aldehydes is 1. The third kappa shape index (κ3) is 8.17. The molecule has 62 heavy (non-hydrogen) atoms. The fourth-order valence-electron chi connectivity index (χ4n) is 11.8. The van der Waals surface area contributed by atoms with Gasteiger partial charge in [-0.3, -0.25) is 24.2 Å². The first-order chi connectivity index (χ1) is 30.1. The molecule has 0 radical (unpaired) electrons. The normalized spacial score (nSPS) is 25.7. The predicted octanol–water partition coefficient (Wildman–Crippen LogP) is 4.67. The molecule has 9 rings (SSSR count). The number of para-hydroxylation sites is 1. The molecule has 2 aliphatic carbocycles. The maximum absolute atomic E-state index is 13.7. The standard InChI is InChI=1S/C46H67N11O4S/c1-32-9-5-10-36(32)57-41-35(46(19-20-46)43(57)61)27-48-44(50-41)49-33-14-24-54(25-15-33)62-55-29-45(30-55)18-8-21-53(28-45)34-16-22-52(23-17-34)37-11-6-12-38(40(37)51(3)4)56(31-59)39(13-7-26-58)42(60)47-2/h6,11-12,26-27,31-34,36,39H,5,7-10,13-25,28-30H2,1-4H3,(H,47,60)(H,48,49,50). The van der Waals surface area contributed by atoms with Gasteiger partial charge in [-0.2, -0.15) is 4.98 Å². The summed E-state index contributed by atoms with van der Waals surface area (Å²) >= 11 is 1.94. The Balaban J connectivity index is 0.752. The molecule has 336 valence electrons. The fourth-order valence-corrected chi connectivity index (χ4v) is 13.2. The summed E-state index contributed by atoms with van der Waals surface area (Å²) in [5, 5.41) is 6.34. The van der Waals surface area contributed by atoms with E-state index < -0.39 is 6.04 Å². The first-order valence-corrected chi connectivity index (χ1v) is 24.1. The number of likely N-dealkylation sites (tertiary alicyclic amines) is 1. The van der Waals surface area contributed by atoms with E-state index in [1.54, 1.807) is 7.05 Å². The van der Waals surface area contributed by atoms with E-state index in [-0.39, 0.29) is 36.1 Å². The van der Waals surface area contributed by atoms with Crippen LogP contribution in [-0.4, -0.2) is 146 Å². The van der Waals surface area contributed by atoms with Crippen LogP contribution in [0.5, 0.6) is 0 Å². The minimum atomic E-state index is -0.775. The lowest BCUT2D eigenvalue weighted by Gasteiger charge is -2.56. The van der Waals surface area contributed by atoms with Crippen LogP contribution in [0.2, 0.25) is 0 Å². The van der Waals surface area contributed by atoms with Crippen LogP contribution in [0, 0.1) is 11.3 Å². The van der Waals surface area contributed by atoms with Gasteiger partial charge in [0.15, 0.2) is 0 Å². The summed E-state index contributed by atoms with van der Waals surface area (Å²) in [6.07, 6.45) is 16.0. The van der Waals surface area contributed by atoms with Crippen molar-refractivity contribution in [3.05, 3.63) is 30.0 Å². The van der Waals surface area contributed by atoms with Crippen LogP contribution < -0.4 is 30.2 Å². The second-order valence-corrected chi connectivity index (χ2v) is 20.8. The molecule has 0 bridgehead atoms. The van der Waals surface area contributed by atoms with Gasteiger partial charge in [-0.1, -0.05) is 19.4 Å². The number of benzene rings is 1. The van der Waals surface area contributed by atoms with E-state index in [9.17, 15) is 19.2 Å². The van der Waals surface area contributed by atoms with Crippen LogP contribution in [0.4, 0.5) is 28.8 Å². The number of carbonyl (C=O) groups is 4. The Morgan fingerprint density at radius 2 is 1.74 bits per heavy atom.